The average molecular weight is 270 g/mol. The van der Waals surface area contributed by atoms with Gasteiger partial charge in [-0.1, -0.05) is 0 Å². The fraction of sp³-hybridized carbons (Fsp3) is 0.615. The van der Waals surface area contributed by atoms with Gasteiger partial charge in [0.25, 0.3) is 0 Å². The van der Waals surface area contributed by atoms with E-state index in [-0.39, 0.29) is 11.9 Å². The molecule has 1 amide bonds. The van der Waals surface area contributed by atoms with Gasteiger partial charge in [0.05, 0.1) is 12.1 Å². The van der Waals surface area contributed by atoms with E-state index in [0.717, 1.165) is 0 Å². The van der Waals surface area contributed by atoms with E-state index in [1.54, 1.807) is 30.4 Å². The zero-order valence-corrected chi connectivity index (χ0v) is 12.3. The van der Waals surface area contributed by atoms with Crippen molar-refractivity contribution < 1.29 is 9.53 Å². The molecular weight excluding hydrogens is 248 g/mol. The molecule has 4 nitrogen and oxygen atoms in total. The van der Waals surface area contributed by atoms with E-state index in [1.165, 1.54) is 9.75 Å². The van der Waals surface area contributed by atoms with Crippen LogP contribution in [0.25, 0.3) is 0 Å². The molecule has 2 unspecified atom stereocenters. The number of aryl methyl sites for hydroxylation is 1. The summed E-state index contributed by atoms with van der Waals surface area (Å²) in [5, 5.41) is 0. The third-order valence-electron chi connectivity index (χ3n) is 3.05. The summed E-state index contributed by atoms with van der Waals surface area (Å²) in [5.74, 6) is -0.0365. The molecule has 0 fully saturated rings. The predicted molar refractivity (Wildman–Crippen MR) is 74.7 cm³/mol. The molecule has 18 heavy (non-hydrogen) atoms. The molecule has 1 heterocycles. The van der Waals surface area contributed by atoms with Crippen LogP contribution in [0, 0.1) is 6.92 Å². The van der Waals surface area contributed by atoms with Gasteiger partial charge in [-0.3, -0.25) is 4.79 Å². The Bertz CT molecular complexity index is 392. The number of nitrogens with two attached hydrogens (primary N) is 1. The van der Waals surface area contributed by atoms with Crippen molar-refractivity contribution in [1.29, 1.82) is 0 Å². The SMILES string of the molecule is COCCC(N)C(=O)N(C)C(C)c1ccc(C)s1. The number of methoxy groups -OCH3 is 1. The van der Waals surface area contributed by atoms with Crippen molar-refractivity contribution in [2.45, 2.75) is 32.4 Å². The van der Waals surface area contributed by atoms with Crippen LogP contribution < -0.4 is 5.73 Å². The number of carbonyl (C=O) groups excluding carboxylic acids is 1. The molecule has 1 rings (SSSR count). The van der Waals surface area contributed by atoms with Crippen LogP contribution in [-0.4, -0.2) is 37.6 Å². The van der Waals surface area contributed by atoms with Crippen LogP contribution in [0.1, 0.15) is 29.1 Å². The Balaban J connectivity index is 2.62. The van der Waals surface area contributed by atoms with Crippen molar-refractivity contribution in [2.24, 2.45) is 5.73 Å². The van der Waals surface area contributed by atoms with Crippen LogP contribution in [0.3, 0.4) is 0 Å². The number of amides is 1. The van der Waals surface area contributed by atoms with Gasteiger partial charge in [-0.25, -0.2) is 0 Å². The molecule has 0 spiro atoms. The first-order chi connectivity index (χ1) is 8.47. The Morgan fingerprint density at radius 1 is 1.56 bits per heavy atom. The topological polar surface area (TPSA) is 55.6 Å². The minimum absolute atomic E-state index is 0.0365. The quantitative estimate of drug-likeness (QED) is 0.859. The van der Waals surface area contributed by atoms with Crippen molar-refractivity contribution in [2.75, 3.05) is 20.8 Å². The number of carbonyl (C=O) groups is 1. The van der Waals surface area contributed by atoms with E-state index in [9.17, 15) is 4.79 Å². The lowest BCUT2D eigenvalue weighted by atomic mass is 10.1. The first-order valence-corrected chi connectivity index (χ1v) is 6.86. The summed E-state index contributed by atoms with van der Waals surface area (Å²) in [5.41, 5.74) is 5.86. The highest BCUT2D eigenvalue weighted by Gasteiger charge is 2.23. The Morgan fingerprint density at radius 2 is 2.22 bits per heavy atom. The number of ether oxygens (including phenoxy) is 1. The largest absolute Gasteiger partial charge is 0.385 e. The number of likely N-dealkylation sites (N-methyl/N-ethyl adjacent to an activating group) is 1. The molecule has 0 bridgehead atoms. The van der Waals surface area contributed by atoms with Crippen LogP contribution in [0.4, 0.5) is 0 Å². The third kappa shape index (κ3) is 3.80. The zero-order valence-electron chi connectivity index (χ0n) is 11.5. The molecule has 0 saturated carbocycles. The molecule has 0 aliphatic rings. The Kier molecular flexibility index (Phi) is 5.78. The standard InChI is InChI=1S/C13H22N2O2S/c1-9-5-6-12(18-9)10(2)15(3)13(16)11(14)7-8-17-4/h5-6,10-11H,7-8,14H2,1-4H3. The Labute approximate surface area is 113 Å². The number of nitrogens with zero attached hydrogens (tertiary/aromatic N) is 1. The minimum atomic E-state index is -0.488. The fourth-order valence-electron chi connectivity index (χ4n) is 1.69. The summed E-state index contributed by atoms with van der Waals surface area (Å²) in [6.45, 7) is 4.59. The average Bonchev–Trinajstić information content (AvgIpc) is 2.79. The Hall–Kier alpha value is -0.910. The number of hydrogen-bond acceptors (Lipinski definition) is 4. The van der Waals surface area contributed by atoms with Gasteiger partial charge in [0.2, 0.25) is 5.91 Å². The van der Waals surface area contributed by atoms with Gasteiger partial charge in [-0.05, 0) is 32.4 Å². The molecule has 1 aromatic heterocycles. The highest BCUT2D eigenvalue weighted by molar-refractivity contribution is 7.12. The molecule has 0 aromatic carbocycles. The van der Waals surface area contributed by atoms with Gasteiger partial charge in [0.15, 0.2) is 0 Å². The highest BCUT2D eigenvalue weighted by atomic mass is 32.1. The minimum Gasteiger partial charge on any atom is -0.385 e. The number of thiophene rings is 1. The molecule has 2 atom stereocenters. The van der Waals surface area contributed by atoms with Gasteiger partial charge in [-0.15, -0.1) is 11.3 Å². The lowest BCUT2D eigenvalue weighted by Gasteiger charge is -2.26. The predicted octanol–water partition coefficient (Wildman–Crippen LogP) is 1.94. The number of rotatable bonds is 6. The van der Waals surface area contributed by atoms with Gasteiger partial charge in [0.1, 0.15) is 0 Å². The summed E-state index contributed by atoms with van der Waals surface area (Å²) in [6.07, 6.45) is 0.551. The van der Waals surface area contributed by atoms with E-state index >= 15 is 0 Å². The number of hydrogen-bond donors (Lipinski definition) is 1. The molecule has 0 radical (unpaired) electrons. The molecule has 5 heteroatoms. The van der Waals surface area contributed by atoms with Crippen LogP contribution in [-0.2, 0) is 9.53 Å². The molecule has 0 aliphatic heterocycles. The van der Waals surface area contributed by atoms with Gasteiger partial charge in [-0.2, -0.15) is 0 Å². The van der Waals surface area contributed by atoms with Crippen LogP contribution in [0.2, 0.25) is 0 Å². The van der Waals surface area contributed by atoms with E-state index < -0.39 is 6.04 Å². The maximum Gasteiger partial charge on any atom is 0.239 e. The van der Waals surface area contributed by atoms with E-state index in [2.05, 4.69) is 19.1 Å². The van der Waals surface area contributed by atoms with Crippen molar-refractivity contribution >= 4 is 17.2 Å². The van der Waals surface area contributed by atoms with Crippen molar-refractivity contribution in [1.82, 2.24) is 4.90 Å². The van der Waals surface area contributed by atoms with Gasteiger partial charge >= 0.3 is 0 Å². The molecule has 102 valence electrons. The lowest BCUT2D eigenvalue weighted by molar-refractivity contribution is -0.133. The van der Waals surface area contributed by atoms with E-state index in [0.29, 0.717) is 13.0 Å². The normalized spacial score (nSPS) is 14.3. The lowest BCUT2D eigenvalue weighted by Crippen LogP contribution is -2.43. The van der Waals surface area contributed by atoms with Crippen molar-refractivity contribution in [3.63, 3.8) is 0 Å². The second kappa shape index (κ2) is 6.87. The molecule has 0 saturated heterocycles. The monoisotopic (exact) mass is 270 g/mol. The maximum absolute atomic E-state index is 12.1. The molecular formula is C13H22N2O2S. The Morgan fingerprint density at radius 3 is 2.72 bits per heavy atom. The summed E-state index contributed by atoms with van der Waals surface area (Å²) < 4.78 is 4.94. The van der Waals surface area contributed by atoms with Gasteiger partial charge < -0.3 is 15.4 Å². The highest BCUT2D eigenvalue weighted by Crippen LogP contribution is 2.26. The van der Waals surface area contributed by atoms with Crippen LogP contribution in [0.15, 0.2) is 12.1 Å². The van der Waals surface area contributed by atoms with Crippen LogP contribution >= 0.6 is 11.3 Å². The first-order valence-electron chi connectivity index (χ1n) is 6.05. The maximum atomic E-state index is 12.1. The second-order valence-corrected chi connectivity index (χ2v) is 5.78. The fourth-order valence-corrected chi connectivity index (χ4v) is 2.66. The third-order valence-corrected chi connectivity index (χ3v) is 4.22. The summed E-state index contributed by atoms with van der Waals surface area (Å²) in [6, 6.07) is 3.71. The molecule has 0 aliphatic carbocycles. The molecule has 1 aromatic rings. The summed E-state index contributed by atoms with van der Waals surface area (Å²) in [7, 11) is 3.41. The smallest absolute Gasteiger partial charge is 0.239 e. The summed E-state index contributed by atoms with van der Waals surface area (Å²) in [4.78, 5) is 16.3. The van der Waals surface area contributed by atoms with Crippen LogP contribution in [0.5, 0.6) is 0 Å². The molecule has 2 N–H and O–H groups in total. The van der Waals surface area contributed by atoms with Crippen molar-refractivity contribution in [3.8, 4) is 0 Å². The van der Waals surface area contributed by atoms with Gasteiger partial charge in [0, 0.05) is 30.5 Å². The van der Waals surface area contributed by atoms with E-state index in [4.69, 9.17) is 10.5 Å². The second-order valence-electron chi connectivity index (χ2n) is 4.46. The first kappa shape index (κ1) is 15.1. The van der Waals surface area contributed by atoms with E-state index in [1.807, 2.05) is 6.92 Å². The zero-order chi connectivity index (χ0) is 13.7. The van der Waals surface area contributed by atoms with Crippen molar-refractivity contribution in [3.05, 3.63) is 21.9 Å². The summed E-state index contributed by atoms with van der Waals surface area (Å²) >= 11 is 1.71.